The van der Waals surface area contributed by atoms with Gasteiger partial charge in [0.05, 0.1) is 5.75 Å². The molecule has 24 heavy (non-hydrogen) atoms. The number of hydrogen-bond acceptors (Lipinski definition) is 5. The Labute approximate surface area is 151 Å². The van der Waals surface area contributed by atoms with Crippen LogP contribution in [0.25, 0.3) is 11.4 Å². The summed E-state index contributed by atoms with van der Waals surface area (Å²) in [6.07, 6.45) is 3.42. The molecular weight excluding hydrogens is 390 g/mol. The number of hydrogen-bond donors (Lipinski definition) is 1. The van der Waals surface area contributed by atoms with Gasteiger partial charge in [-0.15, -0.1) is 10.2 Å². The number of amides is 1. The van der Waals surface area contributed by atoms with Gasteiger partial charge in [-0.3, -0.25) is 9.78 Å². The topological polar surface area (TPSA) is 72.7 Å². The fourth-order valence-corrected chi connectivity index (χ4v) is 3.20. The zero-order valence-corrected chi connectivity index (χ0v) is 15.2. The number of carbonyl (C=O) groups excluding carboxylic acids is 1. The molecule has 0 unspecified atom stereocenters. The highest BCUT2D eigenvalue weighted by Crippen LogP contribution is 2.22. The van der Waals surface area contributed by atoms with Crippen LogP contribution in [-0.4, -0.2) is 31.4 Å². The summed E-state index contributed by atoms with van der Waals surface area (Å²) in [5.74, 6) is 0.910. The molecule has 3 rings (SSSR count). The lowest BCUT2D eigenvalue weighted by atomic mass is 10.2. The van der Waals surface area contributed by atoms with Crippen LogP contribution in [0.5, 0.6) is 0 Å². The van der Waals surface area contributed by atoms with Gasteiger partial charge in [0.1, 0.15) is 0 Å². The lowest BCUT2D eigenvalue weighted by molar-refractivity contribution is -0.113. The lowest BCUT2D eigenvalue weighted by Crippen LogP contribution is -2.14. The van der Waals surface area contributed by atoms with Gasteiger partial charge in [-0.05, 0) is 30.3 Å². The van der Waals surface area contributed by atoms with Gasteiger partial charge in [-0.2, -0.15) is 0 Å². The average molecular weight is 404 g/mol. The zero-order valence-electron chi connectivity index (χ0n) is 12.8. The number of halogens is 1. The third-order valence-corrected chi connectivity index (χ3v) is 4.73. The summed E-state index contributed by atoms with van der Waals surface area (Å²) in [5, 5.41) is 11.9. The standard InChI is InChI=1S/C16H14BrN5OS/c1-22-15(11-5-7-18-8-6-11)20-21-16(22)24-10-14(23)19-13-4-2-3-12(17)9-13/h2-9H,10H2,1H3,(H,19,23). The second kappa shape index (κ2) is 7.59. The first kappa shape index (κ1) is 16.7. The van der Waals surface area contributed by atoms with E-state index in [0.29, 0.717) is 5.16 Å². The van der Waals surface area contributed by atoms with E-state index in [4.69, 9.17) is 0 Å². The van der Waals surface area contributed by atoms with Gasteiger partial charge in [-0.1, -0.05) is 33.8 Å². The molecule has 0 spiro atoms. The van der Waals surface area contributed by atoms with Gasteiger partial charge >= 0.3 is 0 Å². The van der Waals surface area contributed by atoms with Gasteiger partial charge in [0.15, 0.2) is 11.0 Å². The number of nitrogens with one attached hydrogen (secondary N) is 1. The second-order valence-corrected chi connectivity index (χ2v) is 6.81. The Balaban J connectivity index is 1.63. The van der Waals surface area contributed by atoms with Crippen molar-refractivity contribution in [2.24, 2.45) is 7.05 Å². The molecule has 0 atom stereocenters. The van der Waals surface area contributed by atoms with Crippen LogP contribution in [0.2, 0.25) is 0 Å². The number of anilines is 1. The van der Waals surface area contributed by atoms with Crippen molar-refractivity contribution in [3.05, 3.63) is 53.3 Å². The minimum absolute atomic E-state index is 0.0911. The predicted molar refractivity (Wildman–Crippen MR) is 97.7 cm³/mol. The van der Waals surface area contributed by atoms with E-state index in [0.717, 1.165) is 21.5 Å². The summed E-state index contributed by atoms with van der Waals surface area (Å²) in [7, 11) is 1.88. The molecular formula is C16H14BrN5OS. The van der Waals surface area contributed by atoms with Crippen LogP contribution in [0.1, 0.15) is 0 Å². The minimum atomic E-state index is -0.0911. The third-order valence-electron chi connectivity index (χ3n) is 3.21. The van der Waals surface area contributed by atoms with Crippen LogP contribution in [-0.2, 0) is 11.8 Å². The highest BCUT2D eigenvalue weighted by atomic mass is 79.9. The number of benzene rings is 1. The molecule has 0 saturated heterocycles. The average Bonchev–Trinajstić information content (AvgIpc) is 2.94. The number of aromatic nitrogens is 4. The van der Waals surface area contributed by atoms with Gasteiger partial charge in [0, 0.05) is 35.2 Å². The van der Waals surface area contributed by atoms with E-state index in [-0.39, 0.29) is 11.7 Å². The Hall–Kier alpha value is -2.19. The SMILES string of the molecule is Cn1c(SCC(=O)Nc2cccc(Br)c2)nnc1-c1ccncc1. The smallest absolute Gasteiger partial charge is 0.234 e. The Kier molecular flexibility index (Phi) is 5.27. The summed E-state index contributed by atoms with van der Waals surface area (Å²) in [4.78, 5) is 16.1. The molecule has 0 aliphatic heterocycles. The Morgan fingerprint density at radius 1 is 1.25 bits per heavy atom. The summed E-state index contributed by atoms with van der Waals surface area (Å²) in [6, 6.07) is 11.2. The van der Waals surface area contributed by atoms with E-state index in [9.17, 15) is 4.79 Å². The third kappa shape index (κ3) is 4.01. The first-order chi connectivity index (χ1) is 11.6. The van der Waals surface area contributed by atoms with E-state index in [1.807, 2.05) is 48.0 Å². The molecule has 0 bridgehead atoms. The number of pyridine rings is 1. The van der Waals surface area contributed by atoms with Crippen LogP contribution < -0.4 is 5.32 Å². The van der Waals surface area contributed by atoms with E-state index in [2.05, 4.69) is 36.4 Å². The van der Waals surface area contributed by atoms with Crippen molar-refractivity contribution in [3.63, 3.8) is 0 Å². The molecule has 1 amide bonds. The van der Waals surface area contributed by atoms with Crippen LogP contribution >= 0.6 is 27.7 Å². The maximum atomic E-state index is 12.1. The first-order valence-electron chi connectivity index (χ1n) is 7.11. The van der Waals surface area contributed by atoms with Crippen molar-refractivity contribution in [2.75, 3.05) is 11.1 Å². The van der Waals surface area contributed by atoms with Crippen molar-refractivity contribution in [1.82, 2.24) is 19.7 Å². The van der Waals surface area contributed by atoms with Crippen LogP contribution in [0, 0.1) is 0 Å². The number of rotatable bonds is 5. The molecule has 2 heterocycles. The van der Waals surface area contributed by atoms with E-state index in [1.54, 1.807) is 12.4 Å². The quantitative estimate of drug-likeness (QED) is 0.661. The molecule has 0 saturated carbocycles. The number of thioether (sulfide) groups is 1. The van der Waals surface area contributed by atoms with E-state index >= 15 is 0 Å². The maximum absolute atomic E-state index is 12.1. The van der Waals surface area contributed by atoms with Crippen LogP contribution in [0.3, 0.4) is 0 Å². The molecule has 2 aromatic heterocycles. The van der Waals surface area contributed by atoms with Crippen LogP contribution in [0.4, 0.5) is 5.69 Å². The molecule has 3 aromatic rings. The number of nitrogens with zero attached hydrogens (tertiary/aromatic N) is 4. The molecule has 0 fully saturated rings. The highest BCUT2D eigenvalue weighted by molar-refractivity contribution is 9.10. The fourth-order valence-electron chi connectivity index (χ4n) is 2.09. The molecule has 8 heteroatoms. The molecule has 0 aliphatic carbocycles. The van der Waals surface area contributed by atoms with Crippen molar-refractivity contribution < 1.29 is 4.79 Å². The molecule has 122 valence electrons. The van der Waals surface area contributed by atoms with Crippen molar-refractivity contribution in [2.45, 2.75) is 5.16 Å². The lowest BCUT2D eigenvalue weighted by Gasteiger charge is -2.06. The van der Waals surface area contributed by atoms with Crippen LogP contribution in [0.15, 0.2) is 58.4 Å². The predicted octanol–water partition coefficient (Wildman–Crippen LogP) is 3.37. The van der Waals surface area contributed by atoms with E-state index in [1.165, 1.54) is 11.8 Å². The minimum Gasteiger partial charge on any atom is -0.325 e. The Morgan fingerprint density at radius 3 is 2.79 bits per heavy atom. The number of carbonyl (C=O) groups is 1. The van der Waals surface area contributed by atoms with Gasteiger partial charge < -0.3 is 9.88 Å². The van der Waals surface area contributed by atoms with Crippen molar-refractivity contribution in [1.29, 1.82) is 0 Å². The summed E-state index contributed by atoms with van der Waals surface area (Å²) in [5.41, 5.74) is 1.69. The van der Waals surface area contributed by atoms with Crippen molar-refractivity contribution in [3.8, 4) is 11.4 Å². The highest BCUT2D eigenvalue weighted by Gasteiger charge is 2.13. The normalized spacial score (nSPS) is 10.6. The maximum Gasteiger partial charge on any atom is 0.234 e. The second-order valence-electron chi connectivity index (χ2n) is 4.95. The monoisotopic (exact) mass is 403 g/mol. The van der Waals surface area contributed by atoms with Gasteiger partial charge in [-0.25, -0.2) is 0 Å². The Morgan fingerprint density at radius 2 is 2.04 bits per heavy atom. The molecule has 1 aromatic carbocycles. The first-order valence-corrected chi connectivity index (χ1v) is 8.89. The zero-order chi connectivity index (χ0) is 16.9. The summed E-state index contributed by atoms with van der Waals surface area (Å²) < 4.78 is 2.79. The summed E-state index contributed by atoms with van der Waals surface area (Å²) in [6.45, 7) is 0. The summed E-state index contributed by atoms with van der Waals surface area (Å²) >= 11 is 4.72. The molecule has 0 radical (unpaired) electrons. The molecule has 0 aliphatic rings. The Bertz CT molecular complexity index is 853. The molecule has 6 nitrogen and oxygen atoms in total. The van der Waals surface area contributed by atoms with Gasteiger partial charge in [0.2, 0.25) is 5.91 Å². The van der Waals surface area contributed by atoms with E-state index < -0.39 is 0 Å². The molecule has 1 N–H and O–H groups in total. The van der Waals surface area contributed by atoms with Crippen molar-refractivity contribution >= 4 is 39.3 Å². The fraction of sp³-hybridized carbons (Fsp3) is 0.125. The largest absolute Gasteiger partial charge is 0.325 e. The van der Waals surface area contributed by atoms with Gasteiger partial charge in [0.25, 0.3) is 0 Å².